The van der Waals surface area contributed by atoms with Crippen molar-refractivity contribution in [1.82, 2.24) is 0 Å². The van der Waals surface area contributed by atoms with E-state index in [1.165, 1.54) is 5.57 Å². The van der Waals surface area contributed by atoms with Crippen LogP contribution in [-0.2, 0) is 9.59 Å². The fraction of sp³-hybridized carbons (Fsp3) is 0.600. The van der Waals surface area contributed by atoms with Gasteiger partial charge in [-0.25, -0.2) is 0 Å². The molecule has 0 spiro atoms. The van der Waals surface area contributed by atoms with Gasteiger partial charge in [0, 0.05) is 18.3 Å². The van der Waals surface area contributed by atoms with Crippen LogP contribution in [0.15, 0.2) is 23.8 Å². The molecular weight excluding hydrogens is 226 g/mol. The Morgan fingerprint density at radius 2 is 2.06 bits per heavy atom. The number of primary amides is 1. The van der Waals surface area contributed by atoms with Gasteiger partial charge in [-0.1, -0.05) is 51.5 Å². The number of rotatable bonds is 5. The minimum Gasteiger partial charge on any atom is -0.369 e. The van der Waals surface area contributed by atoms with Crippen LogP contribution in [0.1, 0.15) is 40.5 Å². The molecule has 2 N–H and O–H groups in total. The van der Waals surface area contributed by atoms with Crippen LogP contribution < -0.4 is 5.73 Å². The average molecular weight is 249 g/mol. The van der Waals surface area contributed by atoms with Crippen LogP contribution in [0.2, 0.25) is 0 Å². The lowest BCUT2D eigenvalue weighted by molar-refractivity contribution is -0.129. The van der Waals surface area contributed by atoms with Crippen LogP contribution in [0.3, 0.4) is 0 Å². The second-order valence-electron chi connectivity index (χ2n) is 5.70. The monoisotopic (exact) mass is 249 g/mol. The summed E-state index contributed by atoms with van der Waals surface area (Å²) in [6.07, 6.45) is 7.34. The predicted molar refractivity (Wildman–Crippen MR) is 72.8 cm³/mol. The molecule has 3 nitrogen and oxygen atoms in total. The third-order valence-electron chi connectivity index (χ3n) is 3.61. The summed E-state index contributed by atoms with van der Waals surface area (Å²) in [5.41, 5.74) is 6.27. The molecular formula is C15H23NO2. The van der Waals surface area contributed by atoms with Crippen LogP contribution in [0, 0.1) is 17.3 Å². The summed E-state index contributed by atoms with van der Waals surface area (Å²) in [7, 11) is 0. The first kappa shape index (κ1) is 14.7. The van der Waals surface area contributed by atoms with E-state index in [2.05, 4.69) is 26.8 Å². The lowest BCUT2D eigenvalue weighted by atomic mass is 9.71. The zero-order valence-electron chi connectivity index (χ0n) is 11.7. The van der Waals surface area contributed by atoms with Gasteiger partial charge in [-0.3, -0.25) is 9.59 Å². The van der Waals surface area contributed by atoms with Crippen molar-refractivity contribution in [1.29, 1.82) is 0 Å². The highest BCUT2D eigenvalue weighted by molar-refractivity contribution is 5.89. The number of carbonyl (C=O) groups excluding carboxylic acids is 2. The van der Waals surface area contributed by atoms with Crippen molar-refractivity contribution in [2.24, 2.45) is 23.0 Å². The van der Waals surface area contributed by atoms with Crippen molar-refractivity contribution in [3.63, 3.8) is 0 Å². The van der Waals surface area contributed by atoms with Crippen molar-refractivity contribution >= 4 is 11.7 Å². The van der Waals surface area contributed by atoms with Crippen LogP contribution in [-0.4, -0.2) is 11.7 Å². The van der Waals surface area contributed by atoms with Gasteiger partial charge >= 0.3 is 0 Å². The standard InChI is InChI=1S/C15H23NO2/c1-5-11-6-7-12(15(3,4)9-11)13(17)8-10(2)14(16)18/h6-7,9-10,12H,5,8H2,1-4H3,(H2,16,18). The Labute approximate surface area is 109 Å². The summed E-state index contributed by atoms with van der Waals surface area (Å²) in [5.74, 6) is -0.868. The van der Waals surface area contributed by atoms with E-state index in [4.69, 9.17) is 5.73 Å². The molecule has 100 valence electrons. The van der Waals surface area contributed by atoms with Gasteiger partial charge < -0.3 is 5.73 Å². The van der Waals surface area contributed by atoms with E-state index in [0.29, 0.717) is 0 Å². The second kappa shape index (κ2) is 5.51. The average Bonchev–Trinajstić information content (AvgIpc) is 2.26. The molecule has 0 bridgehead atoms. The fourth-order valence-corrected chi connectivity index (χ4v) is 2.36. The molecule has 0 aromatic heterocycles. The summed E-state index contributed by atoms with van der Waals surface area (Å²) in [6.45, 7) is 7.92. The third-order valence-corrected chi connectivity index (χ3v) is 3.61. The summed E-state index contributed by atoms with van der Waals surface area (Å²) in [4.78, 5) is 23.3. The van der Waals surface area contributed by atoms with E-state index in [1.807, 2.05) is 12.2 Å². The summed E-state index contributed by atoms with van der Waals surface area (Å²) in [5, 5.41) is 0. The van der Waals surface area contributed by atoms with Gasteiger partial charge in [0.15, 0.2) is 0 Å². The van der Waals surface area contributed by atoms with Gasteiger partial charge in [-0.2, -0.15) is 0 Å². The van der Waals surface area contributed by atoms with Gasteiger partial charge in [-0.15, -0.1) is 0 Å². The molecule has 1 rings (SSSR count). The van der Waals surface area contributed by atoms with Crippen molar-refractivity contribution in [3.05, 3.63) is 23.8 Å². The number of amides is 1. The van der Waals surface area contributed by atoms with Crippen molar-refractivity contribution in [2.45, 2.75) is 40.5 Å². The number of ketones is 1. The number of hydrogen-bond acceptors (Lipinski definition) is 2. The SMILES string of the molecule is CCC1=CC(C)(C)C(C(=O)CC(C)C(N)=O)C=C1. The first-order valence-corrected chi connectivity index (χ1v) is 6.50. The van der Waals surface area contributed by atoms with Crippen LogP contribution in [0.25, 0.3) is 0 Å². The lowest BCUT2D eigenvalue weighted by Gasteiger charge is -2.32. The molecule has 1 aliphatic rings. The predicted octanol–water partition coefficient (Wildman–Crippen LogP) is 2.62. The Morgan fingerprint density at radius 1 is 1.44 bits per heavy atom. The van der Waals surface area contributed by atoms with Gasteiger partial charge in [-0.05, 0) is 11.8 Å². The van der Waals surface area contributed by atoms with E-state index in [0.717, 1.165) is 6.42 Å². The molecule has 0 saturated carbocycles. The zero-order chi connectivity index (χ0) is 13.9. The summed E-state index contributed by atoms with van der Waals surface area (Å²) in [6, 6.07) is 0. The molecule has 18 heavy (non-hydrogen) atoms. The van der Waals surface area contributed by atoms with E-state index in [-0.39, 0.29) is 23.5 Å². The lowest BCUT2D eigenvalue weighted by Crippen LogP contribution is -2.33. The smallest absolute Gasteiger partial charge is 0.220 e. The van der Waals surface area contributed by atoms with E-state index in [1.54, 1.807) is 6.92 Å². The minimum absolute atomic E-state index is 0.0916. The van der Waals surface area contributed by atoms with E-state index < -0.39 is 11.8 Å². The number of nitrogens with two attached hydrogens (primary N) is 1. The second-order valence-corrected chi connectivity index (χ2v) is 5.70. The van der Waals surface area contributed by atoms with Gasteiger partial charge in [0.2, 0.25) is 5.91 Å². The Kier molecular flexibility index (Phi) is 4.49. The fourth-order valence-electron chi connectivity index (χ4n) is 2.36. The Bertz CT molecular complexity index is 405. The summed E-state index contributed by atoms with van der Waals surface area (Å²) >= 11 is 0. The largest absolute Gasteiger partial charge is 0.369 e. The number of Topliss-reactive ketones (excluding diaryl/α,β-unsaturated/α-hetero) is 1. The first-order valence-electron chi connectivity index (χ1n) is 6.50. The van der Waals surface area contributed by atoms with Crippen molar-refractivity contribution in [2.75, 3.05) is 0 Å². The van der Waals surface area contributed by atoms with Crippen LogP contribution in [0.5, 0.6) is 0 Å². The van der Waals surface area contributed by atoms with E-state index >= 15 is 0 Å². The number of hydrogen-bond donors (Lipinski definition) is 1. The maximum absolute atomic E-state index is 12.2. The highest BCUT2D eigenvalue weighted by Gasteiger charge is 2.34. The van der Waals surface area contributed by atoms with Crippen molar-refractivity contribution < 1.29 is 9.59 Å². The number of carbonyl (C=O) groups is 2. The highest BCUT2D eigenvalue weighted by Crippen LogP contribution is 2.37. The molecule has 0 radical (unpaired) electrons. The Morgan fingerprint density at radius 3 is 2.50 bits per heavy atom. The molecule has 1 aliphatic carbocycles. The van der Waals surface area contributed by atoms with Crippen LogP contribution >= 0.6 is 0 Å². The van der Waals surface area contributed by atoms with Gasteiger partial charge in [0.1, 0.15) is 5.78 Å². The topological polar surface area (TPSA) is 60.2 Å². The molecule has 2 unspecified atom stereocenters. The third kappa shape index (κ3) is 3.31. The zero-order valence-corrected chi connectivity index (χ0v) is 11.7. The van der Waals surface area contributed by atoms with E-state index in [9.17, 15) is 9.59 Å². The van der Waals surface area contributed by atoms with Gasteiger partial charge in [0.05, 0.1) is 0 Å². The molecule has 0 saturated heterocycles. The molecule has 0 aliphatic heterocycles. The maximum atomic E-state index is 12.2. The van der Waals surface area contributed by atoms with Crippen molar-refractivity contribution in [3.8, 4) is 0 Å². The van der Waals surface area contributed by atoms with Crippen LogP contribution in [0.4, 0.5) is 0 Å². The van der Waals surface area contributed by atoms with Gasteiger partial charge in [0.25, 0.3) is 0 Å². The quantitative estimate of drug-likeness (QED) is 0.814. The molecule has 0 aromatic carbocycles. The summed E-state index contributed by atoms with van der Waals surface area (Å²) < 4.78 is 0. The molecule has 3 heteroatoms. The number of allylic oxidation sites excluding steroid dienone is 4. The Balaban J connectivity index is 2.80. The molecule has 2 atom stereocenters. The minimum atomic E-state index is -0.411. The molecule has 1 amide bonds. The highest BCUT2D eigenvalue weighted by atomic mass is 16.1. The molecule has 0 aromatic rings. The Hall–Kier alpha value is -1.38. The normalized spacial score (nSPS) is 23.3. The maximum Gasteiger partial charge on any atom is 0.220 e. The first-order chi connectivity index (χ1) is 8.27. The molecule has 0 fully saturated rings. The molecule has 0 heterocycles.